The molecule has 1 aromatic heterocycles. The SMILES string of the molecule is Cn1c(CN2CCN(c3cc(C(F)(F)F)ccc3C(=N)N)CC2)nc2ccccc21.NN. The summed E-state index contributed by atoms with van der Waals surface area (Å²) in [6.45, 7) is 3.12. The van der Waals surface area contributed by atoms with Crippen LogP contribution in [0.25, 0.3) is 11.0 Å². The molecule has 1 fully saturated rings. The van der Waals surface area contributed by atoms with Crippen LogP contribution in [0.5, 0.6) is 0 Å². The first kappa shape index (κ1) is 23.5. The first-order chi connectivity index (χ1) is 15.2. The fourth-order valence-corrected chi connectivity index (χ4v) is 3.88. The summed E-state index contributed by atoms with van der Waals surface area (Å²) >= 11 is 0. The number of halogens is 3. The number of para-hydroxylation sites is 2. The first-order valence-corrected chi connectivity index (χ1v) is 10.0. The highest BCUT2D eigenvalue weighted by Crippen LogP contribution is 2.34. The highest BCUT2D eigenvalue weighted by atomic mass is 19.4. The fourth-order valence-electron chi connectivity index (χ4n) is 3.88. The lowest BCUT2D eigenvalue weighted by Crippen LogP contribution is -2.46. The number of aromatic nitrogens is 2. The topological polar surface area (TPSA) is 126 Å². The first-order valence-electron chi connectivity index (χ1n) is 10.0. The van der Waals surface area contributed by atoms with E-state index >= 15 is 0 Å². The standard InChI is InChI=1S/C21H23F3N6.H4N2/c1-28-17-5-3-2-4-16(17)27-19(28)13-29-8-10-30(11-9-29)18-12-14(21(22,23)24)6-7-15(18)20(25)26;1-2/h2-7,12H,8-11,13H2,1H3,(H3,25,26);1-2H2. The number of anilines is 1. The van der Waals surface area contributed by atoms with E-state index in [1.165, 1.54) is 6.07 Å². The molecule has 0 radical (unpaired) electrons. The highest BCUT2D eigenvalue weighted by Gasteiger charge is 2.32. The maximum absolute atomic E-state index is 13.2. The quantitative estimate of drug-likeness (QED) is 0.209. The van der Waals surface area contributed by atoms with Gasteiger partial charge in [-0.2, -0.15) is 13.2 Å². The number of alkyl halides is 3. The van der Waals surface area contributed by atoms with Gasteiger partial charge in [-0.3, -0.25) is 22.0 Å². The highest BCUT2D eigenvalue weighted by molar-refractivity contribution is 6.00. The van der Waals surface area contributed by atoms with Gasteiger partial charge in [-0.15, -0.1) is 0 Å². The van der Waals surface area contributed by atoms with Crippen molar-refractivity contribution in [1.82, 2.24) is 14.5 Å². The van der Waals surface area contributed by atoms with Crippen LogP contribution in [-0.4, -0.2) is 46.5 Å². The summed E-state index contributed by atoms with van der Waals surface area (Å²) in [7, 11) is 1.99. The van der Waals surface area contributed by atoms with Gasteiger partial charge in [0.1, 0.15) is 11.7 Å². The zero-order valence-electron chi connectivity index (χ0n) is 17.7. The number of hydrogen-bond donors (Lipinski definition) is 4. The van der Waals surface area contributed by atoms with Crippen LogP contribution in [0.3, 0.4) is 0 Å². The van der Waals surface area contributed by atoms with E-state index in [4.69, 9.17) is 16.1 Å². The van der Waals surface area contributed by atoms with E-state index in [0.717, 1.165) is 29.0 Å². The molecule has 0 unspecified atom stereocenters. The molecule has 1 aliphatic rings. The number of rotatable bonds is 4. The average molecular weight is 448 g/mol. The number of fused-ring (bicyclic) bond motifs is 1. The largest absolute Gasteiger partial charge is 0.416 e. The predicted molar refractivity (Wildman–Crippen MR) is 119 cm³/mol. The molecule has 1 aliphatic heterocycles. The zero-order valence-corrected chi connectivity index (χ0v) is 17.7. The molecule has 2 aromatic carbocycles. The lowest BCUT2D eigenvalue weighted by Gasteiger charge is -2.37. The van der Waals surface area contributed by atoms with Crippen LogP contribution in [0.2, 0.25) is 0 Å². The molecule has 172 valence electrons. The van der Waals surface area contributed by atoms with Gasteiger partial charge in [0.25, 0.3) is 0 Å². The molecule has 32 heavy (non-hydrogen) atoms. The lowest BCUT2D eigenvalue weighted by atomic mass is 10.1. The van der Waals surface area contributed by atoms with Crippen LogP contribution in [0, 0.1) is 5.41 Å². The second-order valence-electron chi connectivity index (χ2n) is 7.48. The number of nitrogen functional groups attached to an aromatic ring is 1. The van der Waals surface area contributed by atoms with E-state index in [9.17, 15) is 13.2 Å². The number of hydrazine groups is 1. The number of hydrogen-bond acceptors (Lipinski definition) is 6. The monoisotopic (exact) mass is 448 g/mol. The Morgan fingerprint density at radius 3 is 2.31 bits per heavy atom. The molecule has 4 rings (SSSR count). The Kier molecular flexibility index (Phi) is 7.02. The smallest absolute Gasteiger partial charge is 0.384 e. The molecule has 11 heteroatoms. The van der Waals surface area contributed by atoms with Crippen molar-refractivity contribution in [2.75, 3.05) is 31.1 Å². The molecule has 2 heterocycles. The Labute approximate surface area is 183 Å². The van der Waals surface area contributed by atoms with Crippen molar-refractivity contribution in [3.05, 3.63) is 59.4 Å². The van der Waals surface area contributed by atoms with Crippen LogP contribution >= 0.6 is 0 Å². The number of aryl methyl sites for hydroxylation is 1. The average Bonchev–Trinajstić information content (AvgIpc) is 3.10. The summed E-state index contributed by atoms with van der Waals surface area (Å²) in [5, 5.41) is 7.73. The van der Waals surface area contributed by atoms with Gasteiger partial charge < -0.3 is 15.2 Å². The lowest BCUT2D eigenvalue weighted by molar-refractivity contribution is -0.137. The van der Waals surface area contributed by atoms with Crippen molar-refractivity contribution in [3.63, 3.8) is 0 Å². The predicted octanol–water partition coefficient (Wildman–Crippen LogP) is 2.02. The molecule has 3 aromatic rings. The Morgan fingerprint density at radius 1 is 1.06 bits per heavy atom. The van der Waals surface area contributed by atoms with Crippen LogP contribution in [-0.2, 0) is 19.8 Å². The molecule has 0 bridgehead atoms. The van der Waals surface area contributed by atoms with Crippen molar-refractivity contribution in [3.8, 4) is 0 Å². The Bertz CT molecular complexity index is 1080. The van der Waals surface area contributed by atoms with Gasteiger partial charge in [-0.1, -0.05) is 12.1 Å². The normalized spacial score (nSPS) is 14.9. The van der Waals surface area contributed by atoms with E-state index in [-0.39, 0.29) is 5.84 Å². The van der Waals surface area contributed by atoms with E-state index < -0.39 is 11.7 Å². The molecular formula is C21H27F3N8. The second-order valence-corrected chi connectivity index (χ2v) is 7.48. The number of nitrogens with one attached hydrogen (secondary N) is 1. The van der Waals surface area contributed by atoms with Crippen molar-refractivity contribution >= 4 is 22.6 Å². The van der Waals surface area contributed by atoms with Gasteiger partial charge in [0.15, 0.2) is 0 Å². The van der Waals surface area contributed by atoms with E-state index in [1.807, 2.05) is 36.2 Å². The van der Waals surface area contributed by atoms with Gasteiger partial charge in [-0.25, -0.2) is 4.98 Å². The number of benzene rings is 2. The third-order valence-electron chi connectivity index (χ3n) is 5.57. The molecule has 0 amide bonds. The Morgan fingerprint density at radius 2 is 1.72 bits per heavy atom. The van der Waals surface area contributed by atoms with Gasteiger partial charge in [-0.05, 0) is 30.3 Å². The van der Waals surface area contributed by atoms with Gasteiger partial charge in [0, 0.05) is 44.5 Å². The maximum Gasteiger partial charge on any atom is 0.416 e. The third-order valence-corrected chi connectivity index (χ3v) is 5.57. The van der Waals surface area contributed by atoms with Gasteiger partial charge in [0.05, 0.1) is 23.1 Å². The summed E-state index contributed by atoms with van der Waals surface area (Å²) in [4.78, 5) is 8.80. The summed E-state index contributed by atoms with van der Waals surface area (Å²) in [6, 6.07) is 11.3. The Balaban J connectivity index is 0.00000141. The fraction of sp³-hybridized carbons (Fsp3) is 0.333. The van der Waals surface area contributed by atoms with Crippen LogP contribution in [0.1, 0.15) is 17.0 Å². The molecule has 8 nitrogen and oxygen atoms in total. The van der Waals surface area contributed by atoms with E-state index in [0.29, 0.717) is 44.0 Å². The number of piperazine rings is 1. The van der Waals surface area contributed by atoms with E-state index in [1.54, 1.807) is 0 Å². The zero-order chi connectivity index (χ0) is 23.5. The number of nitrogens with two attached hydrogens (primary N) is 3. The number of nitrogens with zero attached hydrogens (tertiary/aromatic N) is 4. The Hall–Kier alpha value is -3.15. The van der Waals surface area contributed by atoms with Crippen LogP contribution in [0.15, 0.2) is 42.5 Å². The summed E-state index contributed by atoms with van der Waals surface area (Å²) < 4.78 is 41.6. The summed E-state index contributed by atoms with van der Waals surface area (Å²) in [6.07, 6.45) is -4.44. The molecule has 0 saturated carbocycles. The van der Waals surface area contributed by atoms with Gasteiger partial charge in [0.2, 0.25) is 0 Å². The summed E-state index contributed by atoms with van der Waals surface area (Å²) in [5.41, 5.74) is 7.59. The molecule has 1 saturated heterocycles. The molecule has 7 N–H and O–H groups in total. The molecule has 0 spiro atoms. The third kappa shape index (κ3) is 4.85. The number of imidazole rings is 1. The molecule has 0 aliphatic carbocycles. The van der Waals surface area contributed by atoms with Crippen molar-refractivity contribution in [2.45, 2.75) is 12.7 Å². The van der Waals surface area contributed by atoms with E-state index in [2.05, 4.69) is 21.2 Å². The van der Waals surface area contributed by atoms with Crippen LogP contribution < -0.4 is 22.3 Å². The minimum atomic E-state index is -4.44. The number of amidine groups is 1. The van der Waals surface area contributed by atoms with Crippen molar-refractivity contribution in [1.29, 1.82) is 5.41 Å². The maximum atomic E-state index is 13.2. The van der Waals surface area contributed by atoms with Crippen molar-refractivity contribution in [2.24, 2.45) is 24.5 Å². The minimum absolute atomic E-state index is 0.235. The van der Waals surface area contributed by atoms with Gasteiger partial charge >= 0.3 is 6.18 Å². The molecular weight excluding hydrogens is 421 g/mol. The molecule has 0 atom stereocenters. The second kappa shape index (κ2) is 9.55. The summed E-state index contributed by atoms with van der Waals surface area (Å²) in [5.74, 6) is 8.72. The van der Waals surface area contributed by atoms with Crippen molar-refractivity contribution < 1.29 is 13.2 Å². The minimum Gasteiger partial charge on any atom is -0.384 e. The van der Waals surface area contributed by atoms with Crippen LogP contribution in [0.4, 0.5) is 18.9 Å².